The summed E-state index contributed by atoms with van der Waals surface area (Å²) in [5, 5.41) is 11.8. The van der Waals surface area contributed by atoms with Gasteiger partial charge in [-0.3, -0.25) is 24.1 Å². The lowest BCUT2D eigenvalue weighted by molar-refractivity contribution is -0.385. The molecule has 0 bridgehead atoms. The zero-order valence-electron chi connectivity index (χ0n) is 17.7. The van der Waals surface area contributed by atoms with Crippen molar-refractivity contribution in [2.45, 2.75) is 45.1 Å². The molecule has 1 aromatic carbocycles. The second-order valence-corrected chi connectivity index (χ2v) is 7.92. The van der Waals surface area contributed by atoms with E-state index in [0.29, 0.717) is 12.2 Å². The summed E-state index contributed by atoms with van der Waals surface area (Å²) in [6, 6.07) is 6.64. The minimum absolute atomic E-state index is 0.000864. The Kier molecular flexibility index (Phi) is 5.98. The monoisotopic (exact) mass is 438 g/mol. The Morgan fingerprint density at radius 2 is 1.97 bits per heavy atom. The molecule has 166 valence electrons. The number of ketones is 1. The van der Waals surface area contributed by atoms with Gasteiger partial charge in [-0.1, -0.05) is 19.3 Å². The highest BCUT2D eigenvalue weighted by molar-refractivity contribution is 6.11. The molecule has 0 unspecified atom stereocenters. The van der Waals surface area contributed by atoms with Gasteiger partial charge in [0.25, 0.3) is 11.6 Å². The minimum atomic E-state index is -0.676. The molecule has 0 N–H and O–H groups in total. The number of imidazole rings is 1. The van der Waals surface area contributed by atoms with E-state index in [1.165, 1.54) is 34.9 Å². The standard InChI is InChI=1S/C23H23FN4O4/c1-2-26(17-6-4-3-5-7-17)23(30)15-8-10-18(19(12-15)28(31)32)22(29)20-13-25-21-11-9-16(24)14-27(20)21/h8-14,17H,2-7H2,1H3. The van der Waals surface area contributed by atoms with E-state index in [-0.39, 0.29) is 28.8 Å². The number of nitro benzene ring substituents is 1. The molecular formula is C23H23FN4O4. The third-order valence-corrected chi connectivity index (χ3v) is 6.01. The fourth-order valence-corrected chi connectivity index (χ4v) is 4.39. The Balaban J connectivity index is 1.70. The Morgan fingerprint density at radius 3 is 2.66 bits per heavy atom. The van der Waals surface area contributed by atoms with Crippen LogP contribution in [0.25, 0.3) is 5.65 Å². The van der Waals surface area contributed by atoms with Crippen LogP contribution in [0.1, 0.15) is 65.4 Å². The van der Waals surface area contributed by atoms with Crippen molar-refractivity contribution in [3.8, 4) is 0 Å². The smallest absolute Gasteiger partial charge is 0.281 e. The van der Waals surface area contributed by atoms with Crippen molar-refractivity contribution in [2.75, 3.05) is 6.54 Å². The summed E-state index contributed by atoms with van der Waals surface area (Å²) in [7, 11) is 0. The first-order valence-electron chi connectivity index (χ1n) is 10.7. The highest BCUT2D eigenvalue weighted by Gasteiger charge is 2.29. The summed E-state index contributed by atoms with van der Waals surface area (Å²) in [6.45, 7) is 2.40. The van der Waals surface area contributed by atoms with E-state index in [4.69, 9.17) is 0 Å². The first kappa shape index (κ1) is 21.6. The normalized spacial score (nSPS) is 14.4. The lowest BCUT2D eigenvalue weighted by Crippen LogP contribution is -2.41. The summed E-state index contributed by atoms with van der Waals surface area (Å²) in [4.78, 5) is 43.1. The predicted octanol–water partition coefficient (Wildman–Crippen LogP) is 4.41. The number of hydrogen-bond donors (Lipinski definition) is 0. The Hall–Kier alpha value is -3.62. The Bertz CT molecular complexity index is 1200. The summed E-state index contributed by atoms with van der Waals surface area (Å²) in [5.41, 5.74) is -0.135. The lowest BCUT2D eigenvalue weighted by Gasteiger charge is -2.33. The maximum absolute atomic E-state index is 13.7. The first-order chi connectivity index (χ1) is 15.4. The van der Waals surface area contributed by atoms with Gasteiger partial charge in [0, 0.05) is 30.4 Å². The molecule has 4 rings (SSSR count). The van der Waals surface area contributed by atoms with Crippen molar-refractivity contribution in [1.82, 2.24) is 14.3 Å². The second kappa shape index (κ2) is 8.86. The van der Waals surface area contributed by atoms with Crippen LogP contribution in [0.2, 0.25) is 0 Å². The number of halogens is 1. The molecule has 0 radical (unpaired) electrons. The van der Waals surface area contributed by atoms with Crippen molar-refractivity contribution in [3.05, 3.63) is 75.5 Å². The molecule has 0 aliphatic heterocycles. The average molecular weight is 438 g/mol. The average Bonchev–Trinajstić information content (AvgIpc) is 3.22. The van der Waals surface area contributed by atoms with Crippen LogP contribution >= 0.6 is 0 Å². The van der Waals surface area contributed by atoms with Crippen LogP contribution in [-0.4, -0.2) is 43.5 Å². The van der Waals surface area contributed by atoms with Crippen LogP contribution in [0.5, 0.6) is 0 Å². The molecule has 1 aliphatic rings. The Labute approximate surface area is 183 Å². The lowest BCUT2D eigenvalue weighted by atomic mass is 9.93. The SMILES string of the molecule is CCN(C(=O)c1ccc(C(=O)c2cnc3ccc(F)cn23)c([N+](=O)[O-])c1)C1CCCCC1. The number of hydrogen-bond acceptors (Lipinski definition) is 5. The maximum atomic E-state index is 13.7. The van der Waals surface area contributed by atoms with Gasteiger partial charge in [0.1, 0.15) is 22.7 Å². The molecule has 8 nitrogen and oxygen atoms in total. The molecule has 1 amide bonds. The van der Waals surface area contributed by atoms with Crippen molar-refractivity contribution in [3.63, 3.8) is 0 Å². The van der Waals surface area contributed by atoms with Crippen LogP contribution in [0.15, 0.2) is 42.7 Å². The molecule has 1 saturated carbocycles. The van der Waals surface area contributed by atoms with Crippen molar-refractivity contribution in [1.29, 1.82) is 0 Å². The number of aromatic nitrogens is 2. The van der Waals surface area contributed by atoms with Gasteiger partial charge >= 0.3 is 0 Å². The van der Waals surface area contributed by atoms with E-state index in [0.717, 1.165) is 44.4 Å². The summed E-state index contributed by atoms with van der Waals surface area (Å²) in [6.07, 6.45) is 7.46. The summed E-state index contributed by atoms with van der Waals surface area (Å²) < 4.78 is 14.9. The fourth-order valence-electron chi connectivity index (χ4n) is 4.39. The fraction of sp³-hybridized carbons (Fsp3) is 0.348. The van der Waals surface area contributed by atoms with Crippen molar-refractivity contribution in [2.24, 2.45) is 0 Å². The number of benzene rings is 1. The van der Waals surface area contributed by atoms with Crippen LogP contribution in [-0.2, 0) is 0 Å². The van der Waals surface area contributed by atoms with Crippen LogP contribution in [0.3, 0.4) is 0 Å². The molecule has 32 heavy (non-hydrogen) atoms. The van der Waals surface area contributed by atoms with E-state index < -0.39 is 22.2 Å². The largest absolute Gasteiger partial charge is 0.336 e. The van der Waals surface area contributed by atoms with Gasteiger partial charge in [0.2, 0.25) is 5.78 Å². The maximum Gasteiger partial charge on any atom is 0.281 e. The number of fused-ring (bicyclic) bond motifs is 1. The summed E-state index contributed by atoms with van der Waals surface area (Å²) in [5.74, 6) is -1.52. The van der Waals surface area contributed by atoms with Gasteiger partial charge in [0.05, 0.1) is 11.1 Å². The topological polar surface area (TPSA) is 97.8 Å². The minimum Gasteiger partial charge on any atom is -0.336 e. The van der Waals surface area contributed by atoms with Gasteiger partial charge in [-0.15, -0.1) is 0 Å². The van der Waals surface area contributed by atoms with Gasteiger partial charge < -0.3 is 4.90 Å². The quantitative estimate of drug-likeness (QED) is 0.323. The molecule has 0 spiro atoms. The number of nitro groups is 1. The molecule has 2 heterocycles. The van der Waals surface area contributed by atoms with E-state index >= 15 is 0 Å². The third kappa shape index (κ3) is 3.98. The van der Waals surface area contributed by atoms with E-state index in [2.05, 4.69) is 4.98 Å². The zero-order chi connectivity index (χ0) is 22.8. The number of carbonyl (C=O) groups excluding carboxylic acids is 2. The highest BCUT2D eigenvalue weighted by atomic mass is 19.1. The van der Waals surface area contributed by atoms with Gasteiger partial charge in [-0.2, -0.15) is 0 Å². The molecule has 1 aliphatic carbocycles. The van der Waals surface area contributed by atoms with Crippen LogP contribution < -0.4 is 0 Å². The number of nitrogens with zero attached hydrogens (tertiary/aromatic N) is 4. The van der Waals surface area contributed by atoms with Gasteiger partial charge in [-0.05, 0) is 44.0 Å². The first-order valence-corrected chi connectivity index (χ1v) is 10.7. The zero-order valence-corrected chi connectivity index (χ0v) is 17.7. The number of carbonyl (C=O) groups is 2. The van der Waals surface area contributed by atoms with Crippen LogP contribution in [0, 0.1) is 15.9 Å². The third-order valence-electron chi connectivity index (χ3n) is 6.01. The number of amides is 1. The van der Waals surface area contributed by atoms with Gasteiger partial charge in [0.15, 0.2) is 0 Å². The van der Waals surface area contributed by atoms with E-state index in [1.807, 2.05) is 6.92 Å². The number of pyridine rings is 1. The molecule has 2 aromatic heterocycles. The van der Waals surface area contributed by atoms with Crippen molar-refractivity contribution >= 4 is 23.0 Å². The molecule has 1 fully saturated rings. The highest BCUT2D eigenvalue weighted by Crippen LogP contribution is 2.27. The molecule has 3 aromatic rings. The predicted molar refractivity (Wildman–Crippen MR) is 115 cm³/mol. The Morgan fingerprint density at radius 1 is 1.22 bits per heavy atom. The molecule has 0 saturated heterocycles. The van der Waals surface area contributed by atoms with Crippen LogP contribution in [0.4, 0.5) is 10.1 Å². The molecular weight excluding hydrogens is 415 g/mol. The van der Waals surface area contributed by atoms with Gasteiger partial charge in [-0.25, -0.2) is 9.37 Å². The molecule has 9 heteroatoms. The second-order valence-electron chi connectivity index (χ2n) is 7.92. The summed E-state index contributed by atoms with van der Waals surface area (Å²) >= 11 is 0. The van der Waals surface area contributed by atoms with Crippen molar-refractivity contribution < 1.29 is 18.9 Å². The number of rotatable bonds is 6. The van der Waals surface area contributed by atoms with E-state index in [1.54, 1.807) is 4.90 Å². The molecule has 0 atom stereocenters. The van der Waals surface area contributed by atoms with E-state index in [9.17, 15) is 24.1 Å².